The quantitative estimate of drug-likeness (QED) is 0.697. The average Bonchev–Trinajstić information content (AvgIpc) is 2.64. The Morgan fingerprint density at radius 3 is 3.00 bits per heavy atom. The highest BCUT2D eigenvalue weighted by molar-refractivity contribution is 5.77. The molecule has 2 aromatic rings. The molecule has 1 heterocycles. The van der Waals surface area contributed by atoms with Crippen LogP contribution >= 0.6 is 0 Å². The Bertz CT molecular complexity index is 422. The number of rotatable bonds is 3. The highest BCUT2D eigenvalue weighted by Crippen LogP contribution is 2.17. The van der Waals surface area contributed by atoms with Crippen LogP contribution < -0.4 is 0 Å². The molecule has 0 spiro atoms. The first kappa shape index (κ1) is 9.24. The van der Waals surface area contributed by atoms with Crippen molar-refractivity contribution >= 4 is 11.0 Å². The minimum absolute atomic E-state index is 0.775. The molecular weight excluding hydrogens is 178 g/mol. The van der Waals surface area contributed by atoms with Gasteiger partial charge in [0.25, 0.3) is 0 Å². The molecule has 3 heteroatoms. The van der Waals surface area contributed by atoms with E-state index in [-0.39, 0.29) is 0 Å². The Hall–Kier alpha value is -1.32. The molecule has 0 amide bonds. The molecule has 1 aromatic heterocycles. The van der Waals surface area contributed by atoms with Crippen LogP contribution in [0.1, 0.15) is 5.56 Å². The summed E-state index contributed by atoms with van der Waals surface area (Å²) < 4.78 is 5.26. The number of benzene rings is 1. The highest BCUT2D eigenvalue weighted by Gasteiger charge is 2.01. The largest absolute Gasteiger partial charge is 0.464 e. The number of hydrogen-bond donors (Lipinski definition) is 0. The monoisotopic (exact) mass is 191 g/mol. The molecule has 2 rings (SSSR count). The number of hydroxylamine groups is 2. The molecular formula is C11H13NO2. The van der Waals surface area contributed by atoms with Gasteiger partial charge in [-0.2, -0.15) is 5.06 Å². The van der Waals surface area contributed by atoms with Crippen LogP contribution in [0.4, 0.5) is 0 Å². The van der Waals surface area contributed by atoms with E-state index in [0.717, 1.165) is 17.5 Å². The summed E-state index contributed by atoms with van der Waals surface area (Å²) in [5.41, 5.74) is 2.14. The lowest BCUT2D eigenvalue weighted by atomic mass is 10.1. The van der Waals surface area contributed by atoms with Crippen molar-refractivity contribution in [1.82, 2.24) is 5.06 Å². The van der Waals surface area contributed by atoms with E-state index in [2.05, 4.69) is 6.07 Å². The van der Waals surface area contributed by atoms with Crippen LogP contribution in [0.15, 0.2) is 34.9 Å². The Kier molecular flexibility index (Phi) is 2.52. The third-order valence-electron chi connectivity index (χ3n) is 2.23. The molecule has 14 heavy (non-hydrogen) atoms. The lowest BCUT2D eigenvalue weighted by molar-refractivity contribution is -0.116. The second-order valence-electron chi connectivity index (χ2n) is 3.26. The Morgan fingerprint density at radius 2 is 2.21 bits per heavy atom. The van der Waals surface area contributed by atoms with E-state index in [4.69, 9.17) is 9.25 Å². The smallest absolute Gasteiger partial charge is 0.133 e. The van der Waals surface area contributed by atoms with Crippen LogP contribution in [0.25, 0.3) is 11.0 Å². The van der Waals surface area contributed by atoms with Crippen LogP contribution in [0.2, 0.25) is 0 Å². The van der Waals surface area contributed by atoms with Crippen molar-refractivity contribution in [2.24, 2.45) is 0 Å². The first-order chi connectivity index (χ1) is 6.79. The molecule has 0 unspecified atom stereocenters. The minimum atomic E-state index is 0.775. The van der Waals surface area contributed by atoms with Crippen molar-refractivity contribution in [2.75, 3.05) is 14.2 Å². The van der Waals surface area contributed by atoms with Crippen molar-refractivity contribution in [3.8, 4) is 0 Å². The zero-order chi connectivity index (χ0) is 9.97. The van der Waals surface area contributed by atoms with Gasteiger partial charge in [0.05, 0.1) is 13.4 Å². The number of furan rings is 1. The van der Waals surface area contributed by atoms with E-state index in [0.29, 0.717) is 0 Å². The van der Waals surface area contributed by atoms with E-state index >= 15 is 0 Å². The molecule has 0 N–H and O–H groups in total. The maximum atomic E-state index is 5.26. The molecule has 0 saturated heterocycles. The summed E-state index contributed by atoms with van der Waals surface area (Å²) in [6, 6.07) is 8.09. The van der Waals surface area contributed by atoms with Gasteiger partial charge in [-0.15, -0.1) is 0 Å². The topological polar surface area (TPSA) is 25.6 Å². The predicted octanol–water partition coefficient (Wildman–Crippen LogP) is 2.43. The van der Waals surface area contributed by atoms with Gasteiger partial charge >= 0.3 is 0 Å². The molecule has 1 aromatic carbocycles. The summed E-state index contributed by atoms with van der Waals surface area (Å²) in [6.45, 7) is 0.775. The van der Waals surface area contributed by atoms with E-state index < -0.39 is 0 Å². The van der Waals surface area contributed by atoms with Gasteiger partial charge in [-0.1, -0.05) is 6.07 Å². The van der Waals surface area contributed by atoms with Gasteiger partial charge in [-0.25, -0.2) is 0 Å². The fraction of sp³-hybridized carbons (Fsp3) is 0.273. The van der Waals surface area contributed by atoms with Crippen molar-refractivity contribution in [2.45, 2.75) is 6.54 Å². The number of fused-ring (bicyclic) bond motifs is 1. The normalized spacial score (nSPS) is 11.4. The van der Waals surface area contributed by atoms with E-state index in [1.807, 2.05) is 25.2 Å². The summed E-state index contributed by atoms with van der Waals surface area (Å²) in [7, 11) is 3.57. The third kappa shape index (κ3) is 1.78. The van der Waals surface area contributed by atoms with Gasteiger partial charge in [-0.3, -0.25) is 0 Å². The third-order valence-corrected chi connectivity index (χ3v) is 2.23. The predicted molar refractivity (Wildman–Crippen MR) is 54.7 cm³/mol. The zero-order valence-corrected chi connectivity index (χ0v) is 8.36. The summed E-state index contributed by atoms with van der Waals surface area (Å²) in [5.74, 6) is 0. The molecule has 0 aliphatic carbocycles. The fourth-order valence-corrected chi connectivity index (χ4v) is 1.44. The second kappa shape index (κ2) is 3.82. The first-order valence-corrected chi connectivity index (χ1v) is 4.51. The van der Waals surface area contributed by atoms with Crippen molar-refractivity contribution in [1.29, 1.82) is 0 Å². The molecule has 0 radical (unpaired) electrons. The molecule has 0 bridgehead atoms. The summed E-state index contributed by atoms with van der Waals surface area (Å²) in [6.07, 6.45) is 1.70. The van der Waals surface area contributed by atoms with Gasteiger partial charge in [0, 0.05) is 19.0 Å². The average molecular weight is 191 g/mol. The molecule has 3 nitrogen and oxygen atoms in total. The van der Waals surface area contributed by atoms with Gasteiger partial charge < -0.3 is 9.25 Å². The van der Waals surface area contributed by atoms with Crippen LogP contribution in [0.3, 0.4) is 0 Å². The van der Waals surface area contributed by atoms with Gasteiger partial charge in [0.15, 0.2) is 0 Å². The Balaban J connectivity index is 2.25. The van der Waals surface area contributed by atoms with Crippen LogP contribution in [0, 0.1) is 0 Å². The van der Waals surface area contributed by atoms with Crippen molar-refractivity contribution in [3.05, 3.63) is 36.1 Å². The van der Waals surface area contributed by atoms with E-state index in [9.17, 15) is 0 Å². The lowest BCUT2D eigenvalue weighted by Crippen LogP contribution is -2.15. The zero-order valence-electron chi connectivity index (χ0n) is 8.36. The second-order valence-corrected chi connectivity index (χ2v) is 3.26. The van der Waals surface area contributed by atoms with Crippen LogP contribution in [-0.2, 0) is 11.4 Å². The molecule has 0 aliphatic rings. The molecule has 0 fully saturated rings. The first-order valence-electron chi connectivity index (χ1n) is 4.51. The van der Waals surface area contributed by atoms with Crippen LogP contribution in [0.5, 0.6) is 0 Å². The van der Waals surface area contributed by atoms with Gasteiger partial charge in [-0.05, 0) is 23.8 Å². The van der Waals surface area contributed by atoms with Gasteiger partial charge in [0.2, 0.25) is 0 Å². The Morgan fingerprint density at radius 1 is 1.36 bits per heavy atom. The van der Waals surface area contributed by atoms with E-state index in [1.54, 1.807) is 18.4 Å². The molecule has 0 saturated carbocycles. The number of nitrogens with zero attached hydrogens (tertiary/aromatic N) is 1. The lowest BCUT2D eigenvalue weighted by Gasteiger charge is -2.12. The SMILES string of the molecule is CON(C)Cc1ccc2occc2c1. The summed E-state index contributed by atoms with van der Waals surface area (Å²) >= 11 is 0. The summed E-state index contributed by atoms with van der Waals surface area (Å²) in [4.78, 5) is 5.06. The standard InChI is InChI=1S/C11H13NO2/c1-12(13-2)8-9-3-4-11-10(7-9)5-6-14-11/h3-7H,8H2,1-2H3. The van der Waals surface area contributed by atoms with Crippen molar-refractivity contribution in [3.63, 3.8) is 0 Å². The molecule has 0 aliphatic heterocycles. The fourth-order valence-electron chi connectivity index (χ4n) is 1.44. The van der Waals surface area contributed by atoms with E-state index in [1.165, 1.54) is 5.56 Å². The molecule has 0 atom stereocenters. The maximum absolute atomic E-state index is 5.26. The van der Waals surface area contributed by atoms with Crippen molar-refractivity contribution < 1.29 is 9.25 Å². The maximum Gasteiger partial charge on any atom is 0.133 e. The van der Waals surface area contributed by atoms with Gasteiger partial charge in [0.1, 0.15) is 5.58 Å². The molecule has 74 valence electrons. The minimum Gasteiger partial charge on any atom is -0.464 e. The summed E-state index contributed by atoms with van der Waals surface area (Å²) in [5, 5.41) is 2.91. The number of hydrogen-bond acceptors (Lipinski definition) is 3. The Labute approximate surface area is 82.8 Å². The van der Waals surface area contributed by atoms with Crippen LogP contribution in [-0.4, -0.2) is 19.2 Å². The highest BCUT2D eigenvalue weighted by atomic mass is 16.7.